The standard InChI is InChI=1S/C11H11F2N3S/c1-6-11(17-5-15-6)10(16-14)8-4-7(12)2-3-9(8)13/h2-5,10,16H,14H2,1H3. The number of hydrogen-bond donors (Lipinski definition) is 2. The Bertz CT molecular complexity index is 527. The first-order valence-electron chi connectivity index (χ1n) is 4.94. The number of aryl methyl sites for hydroxylation is 1. The van der Waals surface area contributed by atoms with E-state index in [1.165, 1.54) is 11.3 Å². The lowest BCUT2D eigenvalue weighted by Crippen LogP contribution is -2.29. The molecular formula is C11H11F2N3S. The Hall–Kier alpha value is -1.37. The maximum Gasteiger partial charge on any atom is 0.128 e. The van der Waals surface area contributed by atoms with E-state index < -0.39 is 17.7 Å². The Labute approximate surface area is 101 Å². The molecule has 1 aromatic carbocycles. The topological polar surface area (TPSA) is 50.9 Å². The molecule has 0 aliphatic rings. The van der Waals surface area contributed by atoms with Gasteiger partial charge in [-0.2, -0.15) is 0 Å². The van der Waals surface area contributed by atoms with Crippen molar-refractivity contribution in [1.29, 1.82) is 0 Å². The molecule has 0 fully saturated rings. The van der Waals surface area contributed by atoms with Gasteiger partial charge in [0, 0.05) is 5.56 Å². The second-order valence-electron chi connectivity index (χ2n) is 3.57. The van der Waals surface area contributed by atoms with Crippen molar-refractivity contribution in [2.24, 2.45) is 5.84 Å². The third-order valence-corrected chi connectivity index (χ3v) is 3.48. The van der Waals surface area contributed by atoms with Crippen LogP contribution in [0.4, 0.5) is 8.78 Å². The second kappa shape index (κ2) is 4.87. The van der Waals surface area contributed by atoms with Crippen LogP contribution in [0, 0.1) is 18.6 Å². The summed E-state index contributed by atoms with van der Waals surface area (Å²) in [6.07, 6.45) is 0. The van der Waals surface area contributed by atoms with E-state index in [9.17, 15) is 8.78 Å². The summed E-state index contributed by atoms with van der Waals surface area (Å²) in [5.41, 5.74) is 5.07. The van der Waals surface area contributed by atoms with Gasteiger partial charge in [-0.05, 0) is 25.1 Å². The summed E-state index contributed by atoms with van der Waals surface area (Å²) in [4.78, 5) is 4.84. The van der Waals surface area contributed by atoms with E-state index in [4.69, 9.17) is 5.84 Å². The zero-order valence-corrected chi connectivity index (χ0v) is 9.89. The highest BCUT2D eigenvalue weighted by Gasteiger charge is 2.20. The SMILES string of the molecule is Cc1ncsc1C(NN)c1cc(F)ccc1F. The minimum atomic E-state index is -0.585. The van der Waals surface area contributed by atoms with Crippen molar-refractivity contribution < 1.29 is 8.78 Å². The molecule has 1 heterocycles. The van der Waals surface area contributed by atoms with Crippen LogP contribution in [0.3, 0.4) is 0 Å². The highest BCUT2D eigenvalue weighted by Crippen LogP contribution is 2.29. The zero-order valence-electron chi connectivity index (χ0n) is 9.08. The average molecular weight is 255 g/mol. The molecule has 1 atom stereocenters. The van der Waals surface area contributed by atoms with E-state index in [-0.39, 0.29) is 5.56 Å². The second-order valence-corrected chi connectivity index (χ2v) is 4.45. The summed E-state index contributed by atoms with van der Waals surface area (Å²) < 4.78 is 26.8. The fraction of sp³-hybridized carbons (Fsp3) is 0.182. The number of nitrogens with zero attached hydrogens (tertiary/aromatic N) is 1. The summed E-state index contributed by atoms with van der Waals surface area (Å²) >= 11 is 1.35. The van der Waals surface area contributed by atoms with E-state index in [0.717, 1.165) is 28.8 Å². The molecule has 0 spiro atoms. The fourth-order valence-electron chi connectivity index (χ4n) is 1.63. The van der Waals surface area contributed by atoms with Gasteiger partial charge < -0.3 is 0 Å². The summed E-state index contributed by atoms with van der Waals surface area (Å²) in [5.74, 6) is 4.43. The van der Waals surface area contributed by atoms with Gasteiger partial charge in [-0.3, -0.25) is 5.84 Å². The molecule has 17 heavy (non-hydrogen) atoms. The van der Waals surface area contributed by atoms with E-state index in [0.29, 0.717) is 0 Å². The molecule has 0 saturated heterocycles. The number of thiazole rings is 1. The van der Waals surface area contributed by atoms with Crippen LogP contribution >= 0.6 is 11.3 Å². The predicted octanol–water partition coefficient (Wildman–Crippen LogP) is 2.28. The Morgan fingerprint density at radius 2 is 2.18 bits per heavy atom. The number of nitrogens with two attached hydrogens (primary N) is 1. The Morgan fingerprint density at radius 3 is 2.76 bits per heavy atom. The number of rotatable bonds is 3. The van der Waals surface area contributed by atoms with E-state index in [2.05, 4.69) is 10.4 Å². The average Bonchev–Trinajstić information content (AvgIpc) is 2.71. The van der Waals surface area contributed by atoms with Crippen molar-refractivity contribution in [3.05, 3.63) is 51.5 Å². The van der Waals surface area contributed by atoms with Crippen molar-refractivity contribution in [2.45, 2.75) is 13.0 Å². The largest absolute Gasteiger partial charge is 0.271 e. The number of hydrazine groups is 1. The first-order chi connectivity index (χ1) is 8.13. The quantitative estimate of drug-likeness (QED) is 0.653. The van der Waals surface area contributed by atoms with Gasteiger partial charge in [0.25, 0.3) is 0 Å². The molecule has 2 rings (SSSR count). The van der Waals surface area contributed by atoms with Crippen LogP contribution < -0.4 is 11.3 Å². The number of aromatic nitrogens is 1. The normalized spacial score (nSPS) is 12.7. The number of halogens is 2. The van der Waals surface area contributed by atoms with Crippen molar-refractivity contribution in [2.75, 3.05) is 0 Å². The van der Waals surface area contributed by atoms with Crippen molar-refractivity contribution in [3.63, 3.8) is 0 Å². The molecule has 3 nitrogen and oxygen atoms in total. The van der Waals surface area contributed by atoms with Gasteiger partial charge in [0.2, 0.25) is 0 Å². The lowest BCUT2D eigenvalue weighted by Gasteiger charge is -2.16. The van der Waals surface area contributed by atoms with Crippen LogP contribution in [0.2, 0.25) is 0 Å². The summed E-state index contributed by atoms with van der Waals surface area (Å²) in [6, 6.07) is 2.72. The van der Waals surface area contributed by atoms with Crippen molar-refractivity contribution >= 4 is 11.3 Å². The molecule has 0 aliphatic carbocycles. The Kier molecular flexibility index (Phi) is 3.46. The molecule has 1 aromatic heterocycles. The number of hydrogen-bond acceptors (Lipinski definition) is 4. The monoisotopic (exact) mass is 255 g/mol. The summed E-state index contributed by atoms with van der Waals surface area (Å²) in [6.45, 7) is 1.80. The van der Waals surface area contributed by atoms with Crippen LogP contribution in [0.25, 0.3) is 0 Å². The van der Waals surface area contributed by atoms with E-state index in [1.54, 1.807) is 12.4 Å². The molecule has 0 saturated carbocycles. The van der Waals surface area contributed by atoms with Crippen LogP contribution in [-0.2, 0) is 0 Å². The molecule has 0 bridgehead atoms. The van der Waals surface area contributed by atoms with Crippen LogP contribution in [0.1, 0.15) is 22.2 Å². The van der Waals surface area contributed by atoms with E-state index in [1.807, 2.05) is 0 Å². The third-order valence-electron chi connectivity index (χ3n) is 2.48. The van der Waals surface area contributed by atoms with Crippen molar-refractivity contribution in [1.82, 2.24) is 10.4 Å². The molecule has 0 aliphatic heterocycles. The van der Waals surface area contributed by atoms with Crippen LogP contribution in [0.5, 0.6) is 0 Å². The molecule has 3 N–H and O–H groups in total. The van der Waals surface area contributed by atoms with Gasteiger partial charge in [0.1, 0.15) is 11.6 Å². The van der Waals surface area contributed by atoms with Crippen LogP contribution in [-0.4, -0.2) is 4.98 Å². The lowest BCUT2D eigenvalue weighted by molar-refractivity contribution is 0.547. The Balaban J connectivity index is 2.49. The van der Waals surface area contributed by atoms with Gasteiger partial charge in [0.15, 0.2) is 0 Å². The van der Waals surface area contributed by atoms with Gasteiger partial charge in [0.05, 0.1) is 22.1 Å². The predicted molar refractivity (Wildman–Crippen MR) is 62.4 cm³/mol. The highest BCUT2D eigenvalue weighted by molar-refractivity contribution is 7.09. The first-order valence-corrected chi connectivity index (χ1v) is 5.82. The zero-order chi connectivity index (χ0) is 12.4. The first kappa shape index (κ1) is 12.1. The van der Waals surface area contributed by atoms with Crippen molar-refractivity contribution in [3.8, 4) is 0 Å². The van der Waals surface area contributed by atoms with Gasteiger partial charge in [-0.25, -0.2) is 19.2 Å². The number of benzene rings is 1. The van der Waals surface area contributed by atoms with Gasteiger partial charge >= 0.3 is 0 Å². The lowest BCUT2D eigenvalue weighted by atomic mass is 10.0. The summed E-state index contributed by atoms with van der Waals surface area (Å²) in [5, 5.41) is 0. The molecule has 6 heteroatoms. The van der Waals surface area contributed by atoms with Gasteiger partial charge in [-0.1, -0.05) is 0 Å². The molecule has 0 radical (unpaired) electrons. The summed E-state index contributed by atoms with van der Waals surface area (Å²) in [7, 11) is 0. The minimum Gasteiger partial charge on any atom is -0.271 e. The fourth-order valence-corrected chi connectivity index (χ4v) is 2.51. The Morgan fingerprint density at radius 1 is 1.41 bits per heavy atom. The molecular weight excluding hydrogens is 244 g/mol. The minimum absolute atomic E-state index is 0.180. The molecule has 1 unspecified atom stereocenters. The maximum absolute atomic E-state index is 13.7. The smallest absolute Gasteiger partial charge is 0.128 e. The molecule has 2 aromatic rings. The maximum atomic E-state index is 13.7. The van der Waals surface area contributed by atoms with Gasteiger partial charge in [-0.15, -0.1) is 11.3 Å². The highest BCUT2D eigenvalue weighted by atomic mass is 32.1. The van der Waals surface area contributed by atoms with E-state index >= 15 is 0 Å². The molecule has 90 valence electrons. The number of nitrogens with one attached hydrogen (secondary N) is 1. The van der Waals surface area contributed by atoms with Crippen LogP contribution in [0.15, 0.2) is 23.7 Å². The molecule has 0 amide bonds. The third kappa shape index (κ3) is 2.33.